The lowest BCUT2D eigenvalue weighted by molar-refractivity contribution is 0.101. The Morgan fingerprint density at radius 1 is 1.05 bits per heavy atom. The molecule has 0 aliphatic rings. The number of Topliss-reactive ketones (excluding diaryl/α,β-unsaturated/α-hetero) is 1. The van der Waals surface area contributed by atoms with Crippen molar-refractivity contribution in [3.63, 3.8) is 0 Å². The van der Waals surface area contributed by atoms with Gasteiger partial charge < -0.3 is 10.6 Å². The van der Waals surface area contributed by atoms with Crippen LogP contribution in [0.3, 0.4) is 0 Å². The van der Waals surface area contributed by atoms with Crippen LogP contribution in [-0.2, 0) is 0 Å². The summed E-state index contributed by atoms with van der Waals surface area (Å²) in [5.74, 6) is -0.0115. The van der Waals surface area contributed by atoms with E-state index < -0.39 is 0 Å². The summed E-state index contributed by atoms with van der Waals surface area (Å²) in [6.07, 6.45) is 0. The topological polar surface area (TPSA) is 71.1 Å². The van der Waals surface area contributed by atoms with Gasteiger partial charge in [0, 0.05) is 11.3 Å². The Balaban J connectivity index is 2.02. The first kappa shape index (κ1) is 15.2. The molecule has 0 radical (unpaired) electrons. The van der Waals surface area contributed by atoms with E-state index in [1.54, 1.807) is 36.4 Å². The quantitative estimate of drug-likeness (QED) is 0.651. The molecule has 0 unspecified atom stereocenters. The second kappa shape index (κ2) is 6.49. The maximum atomic E-state index is 11.9. The molecule has 2 N–H and O–H groups in total. The Hall–Kier alpha value is -2.21. The van der Waals surface area contributed by atoms with E-state index in [4.69, 9.17) is 0 Å². The van der Waals surface area contributed by atoms with Crippen LogP contribution in [0.4, 0.5) is 16.2 Å². The Bertz CT molecular complexity index is 684. The molecule has 5 nitrogen and oxygen atoms in total. The van der Waals surface area contributed by atoms with Crippen molar-refractivity contribution in [2.75, 3.05) is 10.6 Å². The van der Waals surface area contributed by atoms with Crippen molar-refractivity contribution < 1.29 is 9.59 Å². The molecule has 0 aliphatic heterocycles. The average Bonchev–Trinajstić information content (AvgIpc) is 2.42. The highest BCUT2D eigenvalue weighted by atomic mass is 79.9. The molecule has 2 rings (SSSR count). The number of ketones is 1. The van der Waals surface area contributed by atoms with Gasteiger partial charge in [-0.2, -0.15) is 0 Å². The van der Waals surface area contributed by atoms with Crippen LogP contribution in [0.1, 0.15) is 23.0 Å². The normalized spacial score (nSPS) is 10.0. The Morgan fingerprint density at radius 3 is 2.29 bits per heavy atom. The maximum Gasteiger partial charge on any atom is 0.323 e. The fraction of sp³-hybridized carbons (Fsp3) is 0.133. The van der Waals surface area contributed by atoms with E-state index in [0.29, 0.717) is 27.2 Å². The van der Waals surface area contributed by atoms with Crippen LogP contribution in [0.5, 0.6) is 0 Å². The van der Waals surface area contributed by atoms with Crippen LogP contribution in [0.25, 0.3) is 0 Å². The van der Waals surface area contributed by atoms with Gasteiger partial charge in [0.25, 0.3) is 0 Å². The summed E-state index contributed by atoms with van der Waals surface area (Å²) < 4.78 is 0.714. The molecule has 0 saturated heterocycles. The molecular weight excluding hydrogens is 334 g/mol. The van der Waals surface area contributed by atoms with Crippen LogP contribution >= 0.6 is 15.9 Å². The number of amides is 2. The van der Waals surface area contributed by atoms with E-state index in [0.717, 1.165) is 0 Å². The second-order valence-corrected chi connectivity index (χ2v) is 5.29. The Labute approximate surface area is 130 Å². The lowest BCUT2D eigenvalue weighted by Gasteiger charge is -2.09. The van der Waals surface area contributed by atoms with Gasteiger partial charge in [0.15, 0.2) is 5.78 Å². The second-order valence-electron chi connectivity index (χ2n) is 4.48. The van der Waals surface area contributed by atoms with Gasteiger partial charge in [-0.1, -0.05) is 0 Å². The van der Waals surface area contributed by atoms with Crippen molar-refractivity contribution in [1.82, 2.24) is 4.98 Å². The number of nitrogens with zero attached hydrogens (tertiary/aromatic N) is 1. The summed E-state index contributed by atoms with van der Waals surface area (Å²) in [5.41, 5.74) is 2.57. The summed E-state index contributed by atoms with van der Waals surface area (Å²) in [7, 11) is 0. The lowest BCUT2D eigenvalue weighted by atomic mass is 10.1. The number of hydrogen-bond donors (Lipinski definition) is 2. The minimum Gasteiger partial charge on any atom is -0.308 e. The Morgan fingerprint density at radius 2 is 1.71 bits per heavy atom. The number of rotatable bonds is 3. The van der Waals surface area contributed by atoms with Crippen molar-refractivity contribution in [2.45, 2.75) is 13.8 Å². The molecule has 0 spiro atoms. The third-order valence-electron chi connectivity index (χ3n) is 2.85. The highest BCUT2D eigenvalue weighted by molar-refractivity contribution is 9.10. The zero-order valence-electron chi connectivity index (χ0n) is 11.6. The number of urea groups is 1. The molecule has 2 amide bonds. The molecule has 0 bridgehead atoms. The summed E-state index contributed by atoms with van der Waals surface area (Å²) in [6, 6.07) is 9.87. The summed E-state index contributed by atoms with van der Waals surface area (Å²) in [5, 5.41) is 5.42. The fourth-order valence-corrected chi connectivity index (χ4v) is 2.13. The van der Waals surface area contributed by atoms with Crippen LogP contribution in [-0.4, -0.2) is 16.8 Å². The van der Waals surface area contributed by atoms with Gasteiger partial charge in [0.05, 0.1) is 11.4 Å². The molecule has 0 aliphatic carbocycles. The maximum absolute atomic E-state index is 11.9. The molecule has 1 aromatic carbocycles. The summed E-state index contributed by atoms with van der Waals surface area (Å²) >= 11 is 3.27. The molecule has 0 atom stereocenters. The van der Waals surface area contributed by atoms with E-state index in [-0.39, 0.29) is 11.8 Å². The number of benzene rings is 1. The van der Waals surface area contributed by atoms with E-state index in [2.05, 4.69) is 31.5 Å². The van der Waals surface area contributed by atoms with Crippen LogP contribution < -0.4 is 10.6 Å². The van der Waals surface area contributed by atoms with Crippen molar-refractivity contribution >= 4 is 39.1 Å². The number of aryl methyl sites for hydroxylation is 1. The molecule has 1 heterocycles. The average molecular weight is 348 g/mol. The van der Waals surface area contributed by atoms with Gasteiger partial charge in [0.2, 0.25) is 0 Å². The van der Waals surface area contributed by atoms with Crippen molar-refractivity contribution in [1.29, 1.82) is 0 Å². The number of carbonyl (C=O) groups excluding carboxylic acids is 2. The number of anilines is 2. The van der Waals surface area contributed by atoms with E-state index in [9.17, 15) is 9.59 Å². The Kier molecular flexibility index (Phi) is 4.70. The monoisotopic (exact) mass is 347 g/mol. The summed E-state index contributed by atoms with van der Waals surface area (Å²) in [4.78, 5) is 27.3. The van der Waals surface area contributed by atoms with Crippen molar-refractivity contribution in [3.8, 4) is 0 Å². The first-order chi connectivity index (χ1) is 9.95. The highest BCUT2D eigenvalue weighted by Gasteiger charge is 2.06. The number of hydrogen-bond acceptors (Lipinski definition) is 3. The molecule has 2 aromatic rings. The van der Waals surface area contributed by atoms with Gasteiger partial charge in [-0.05, 0) is 66.2 Å². The van der Waals surface area contributed by atoms with Gasteiger partial charge in [-0.3, -0.25) is 4.79 Å². The minimum atomic E-state index is -0.363. The fourth-order valence-electron chi connectivity index (χ4n) is 1.74. The minimum absolute atomic E-state index is 0.0115. The van der Waals surface area contributed by atoms with Crippen LogP contribution in [0.15, 0.2) is 41.0 Å². The zero-order chi connectivity index (χ0) is 15.4. The van der Waals surface area contributed by atoms with Gasteiger partial charge in [-0.15, -0.1) is 0 Å². The molecule has 6 heteroatoms. The lowest BCUT2D eigenvalue weighted by Crippen LogP contribution is -2.20. The third kappa shape index (κ3) is 4.13. The SMILES string of the molecule is CC(=O)c1ccc(NC(=O)Nc2ccc(Br)nc2C)cc1. The third-order valence-corrected chi connectivity index (χ3v) is 3.29. The number of nitrogens with one attached hydrogen (secondary N) is 2. The predicted octanol–water partition coefficient (Wildman–Crippen LogP) is 4.00. The van der Waals surface area contributed by atoms with E-state index in [1.165, 1.54) is 6.92 Å². The first-order valence-corrected chi connectivity index (χ1v) is 7.07. The number of halogens is 1. The molecule has 1 aromatic heterocycles. The van der Waals surface area contributed by atoms with E-state index in [1.807, 2.05) is 6.92 Å². The summed E-state index contributed by atoms with van der Waals surface area (Å²) in [6.45, 7) is 3.31. The largest absolute Gasteiger partial charge is 0.323 e. The van der Waals surface area contributed by atoms with Gasteiger partial charge >= 0.3 is 6.03 Å². The van der Waals surface area contributed by atoms with Gasteiger partial charge in [0.1, 0.15) is 4.60 Å². The number of pyridine rings is 1. The zero-order valence-corrected chi connectivity index (χ0v) is 13.2. The number of aromatic nitrogens is 1. The smallest absolute Gasteiger partial charge is 0.308 e. The number of carbonyl (C=O) groups is 2. The van der Waals surface area contributed by atoms with Crippen molar-refractivity contribution in [2.24, 2.45) is 0 Å². The molecule has 21 heavy (non-hydrogen) atoms. The standard InChI is InChI=1S/C15H14BrN3O2/c1-9-13(7-8-14(16)17-9)19-15(21)18-12-5-3-11(4-6-12)10(2)20/h3-8H,1-2H3,(H2,18,19,21). The van der Waals surface area contributed by atoms with Crippen LogP contribution in [0.2, 0.25) is 0 Å². The molecule has 0 fully saturated rings. The molecule has 108 valence electrons. The first-order valence-electron chi connectivity index (χ1n) is 6.28. The predicted molar refractivity (Wildman–Crippen MR) is 85.8 cm³/mol. The molecular formula is C15H14BrN3O2. The van der Waals surface area contributed by atoms with E-state index >= 15 is 0 Å². The highest BCUT2D eigenvalue weighted by Crippen LogP contribution is 2.17. The van der Waals surface area contributed by atoms with Crippen molar-refractivity contribution in [3.05, 3.63) is 52.3 Å². The van der Waals surface area contributed by atoms with Gasteiger partial charge in [-0.25, -0.2) is 9.78 Å². The molecule has 0 saturated carbocycles. The van der Waals surface area contributed by atoms with Crippen LogP contribution in [0, 0.1) is 6.92 Å².